The Morgan fingerprint density at radius 3 is 2.79 bits per heavy atom. The molecule has 0 amide bonds. The molecule has 2 unspecified atom stereocenters. The highest BCUT2D eigenvalue weighted by atomic mass is 32.1. The molecule has 19 heavy (non-hydrogen) atoms. The summed E-state index contributed by atoms with van der Waals surface area (Å²) in [4.78, 5) is 5.61. The van der Waals surface area contributed by atoms with E-state index in [0.717, 1.165) is 17.0 Å². The number of halogens is 1. The maximum Gasteiger partial charge on any atom is 0.123 e. The molecule has 1 aromatic carbocycles. The molecule has 2 nitrogen and oxygen atoms in total. The fraction of sp³-hybridized carbons (Fsp3) is 0.400. The topological polar surface area (TPSA) is 24.9 Å². The number of rotatable bonds is 5. The lowest BCUT2D eigenvalue weighted by Crippen LogP contribution is -2.24. The lowest BCUT2D eigenvalue weighted by Gasteiger charge is -2.21. The molecule has 1 aromatic heterocycles. The van der Waals surface area contributed by atoms with Crippen LogP contribution in [0, 0.1) is 12.7 Å². The van der Waals surface area contributed by atoms with Gasteiger partial charge < -0.3 is 5.32 Å². The van der Waals surface area contributed by atoms with E-state index in [1.54, 1.807) is 23.5 Å². The molecule has 0 saturated heterocycles. The molecule has 2 rings (SSSR count). The van der Waals surface area contributed by atoms with E-state index in [2.05, 4.69) is 31.1 Å². The zero-order valence-electron chi connectivity index (χ0n) is 11.5. The van der Waals surface area contributed by atoms with Crippen LogP contribution < -0.4 is 5.32 Å². The Balaban J connectivity index is 2.11. The van der Waals surface area contributed by atoms with Gasteiger partial charge in [0.15, 0.2) is 0 Å². The molecule has 0 spiro atoms. The van der Waals surface area contributed by atoms with Crippen LogP contribution in [-0.4, -0.2) is 4.98 Å². The number of nitrogens with one attached hydrogen (secondary N) is 1. The van der Waals surface area contributed by atoms with Crippen molar-refractivity contribution < 1.29 is 4.39 Å². The van der Waals surface area contributed by atoms with Crippen LogP contribution in [0.25, 0.3) is 0 Å². The second-order valence-electron chi connectivity index (χ2n) is 4.71. The second-order valence-corrected chi connectivity index (χ2v) is 5.98. The average Bonchev–Trinajstić information content (AvgIpc) is 2.82. The van der Waals surface area contributed by atoms with E-state index < -0.39 is 0 Å². The largest absolute Gasteiger partial charge is 0.301 e. The van der Waals surface area contributed by atoms with Crippen LogP contribution in [-0.2, 0) is 0 Å². The van der Waals surface area contributed by atoms with Crippen LogP contribution in [0.4, 0.5) is 4.39 Å². The molecule has 0 aliphatic heterocycles. The zero-order chi connectivity index (χ0) is 13.8. The van der Waals surface area contributed by atoms with E-state index in [1.165, 1.54) is 10.9 Å². The first-order valence-electron chi connectivity index (χ1n) is 6.54. The summed E-state index contributed by atoms with van der Waals surface area (Å²) in [7, 11) is 0. The van der Waals surface area contributed by atoms with E-state index >= 15 is 0 Å². The maximum absolute atomic E-state index is 13.3. The van der Waals surface area contributed by atoms with Gasteiger partial charge in [-0.1, -0.05) is 19.1 Å². The molecule has 0 fully saturated rings. The quantitative estimate of drug-likeness (QED) is 0.877. The Bertz CT molecular complexity index is 538. The third-order valence-electron chi connectivity index (χ3n) is 3.12. The smallest absolute Gasteiger partial charge is 0.123 e. The molecule has 2 aromatic rings. The van der Waals surface area contributed by atoms with E-state index in [0.29, 0.717) is 0 Å². The van der Waals surface area contributed by atoms with Crippen LogP contribution in [0.3, 0.4) is 0 Å². The first-order valence-corrected chi connectivity index (χ1v) is 7.35. The average molecular weight is 278 g/mol. The number of hydrogen-bond acceptors (Lipinski definition) is 3. The number of aryl methyl sites for hydroxylation is 1. The SMILES string of the molecule is CCC(NC(C)c1ncc(C)s1)c1cccc(F)c1. The molecule has 1 N–H and O–H groups in total. The highest BCUT2D eigenvalue weighted by molar-refractivity contribution is 7.11. The van der Waals surface area contributed by atoms with Crippen molar-refractivity contribution in [3.05, 3.63) is 51.7 Å². The van der Waals surface area contributed by atoms with Gasteiger partial charge in [-0.15, -0.1) is 11.3 Å². The van der Waals surface area contributed by atoms with Gasteiger partial charge in [0.25, 0.3) is 0 Å². The van der Waals surface area contributed by atoms with Crippen molar-refractivity contribution in [3.63, 3.8) is 0 Å². The fourth-order valence-electron chi connectivity index (χ4n) is 2.12. The first kappa shape index (κ1) is 14.2. The minimum Gasteiger partial charge on any atom is -0.301 e. The van der Waals surface area contributed by atoms with Crippen molar-refractivity contribution in [3.8, 4) is 0 Å². The van der Waals surface area contributed by atoms with E-state index in [9.17, 15) is 4.39 Å². The summed E-state index contributed by atoms with van der Waals surface area (Å²) in [5.41, 5.74) is 0.989. The van der Waals surface area contributed by atoms with Crippen LogP contribution in [0.1, 0.15) is 47.8 Å². The van der Waals surface area contributed by atoms with Crippen molar-refractivity contribution in [1.29, 1.82) is 0 Å². The summed E-state index contributed by atoms with van der Waals surface area (Å²) in [6.45, 7) is 6.25. The van der Waals surface area contributed by atoms with Crippen LogP contribution in [0.2, 0.25) is 0 Å². The molecular weight excluding hydrogens is 259 g/mol. The van der Waals surface area contributed by atoms with Crippen LogP contribution in [0.5, 0.6) is 0 Å². The molecule has 2 atom stereocenters. The van der Waals surface area contributed by atoms with Crippen molar-refractivity contribution >= 4 is 11.3 Å². The van der Waals surface area contributed by atoms with Crippen LogP contribution >= 0.6 is 11.3 Å². The predicted molar refractivity (Wildman–Crippen MR) is 77.8 cm³/mol. The van der Waals surface area contributed by atoms with Crippen molar-refractivity contribution in [2.24, 2.45) is 0 Å². The van der Waals surface area contributed by atoms with Gasteiger partial charge in [-0.3, -0.25) is 0 Å². The van der Waals surface area contributed by atoms with Gasteiger partial charge in [-0.25, -0.2) is 9.37 Å². The van der Waals surface area contributed by atoms with Crippen LogP contribution in [0.15, 0.2) is 30.5 Å². The minimum absolute atomic E-state index is 0.148. The molecule has 102 valence electrons. The molecular formula is C15H19FN2S. The van der Waals surface area contributed by atoms with Crippen molar-refractivity contribution in [2.75, 3.05) is 0 Å². The summed E-state index contributed by atoms with van der Waals surface area (Å²) in [6.07, 6.45) is 2.81. The lowest BCUT2D eigenvalue weighted by molar-refractivity contribution is 0.453. The second kappa shape index (κ2) is 6.26. The predicted octanol–water partition coefficient (Wildman–Crippen LogP) is 4.39. The van der Waals surface area contributed by atoms with Gasteiger partial charge >= 0.3 is 0 Å². The third kappa shape index (κ3) is 3.61. The molecule has 0 bridgehead atoms. The first-order chi connectivity index (χ1) is 9.10. The molecule has 0 aliphatic rings. The van der Waals surface area contributed by atoms with E-state index in [4.69, 9.17) is 0 Å². The number of hydrogen-bond donors (Lipinski definition) is 1. The van der Waals surface area contributed by atoms with E-state index in [-0.39, 0.29) is 17.9 Å². The van der Waals surface area contributed by atoms with E-state index in [1.807, 2.05) is 12.3 Å². The summed E-state index contributed by atoms with van der Waals surface area (Å²) < 4.78 is 13.3. The lowest BCUT2D eigenvalue weighted by atomic mass is 10.0. The monoisotopic (exact) mass is 278 g/mol. The van der Waals surface area contributed by atoms with Gasteiger partial charge in [0.05, 0.1) is 6.04 Å². The van der Waals surface area contributed by atoms with Gasteiger partial charge in [-0.05, 0) is 38.0 Å². The molecule has 0 saturated carbocycles. The summed E-state index contributed by atoms with van der Waals surface area (Å²) in [5.74, 6) is -0.185. The number of aromatic nitrogens is 1. The molecule has 1 heterocycles. The van der Waals surface area contributed by atoms with Crippen molar-refractivity contribution in [1.82, 2.24) is 10.3 Å². The number of nitrogens with zero attached hydrogens (tertiary/aromatic N) is 1. The Kier molecular flexibility index (Phi) is 4.66. The highest BCUT2D eigenvalue weighted by Crippen LogP contribution is 2.25. The van der Waals surface area contributed by atoms with Crippen molar-refractivity contribution in [2.45, 2.75) is 39.3 Å². The molecule has 0 aliphatic carbocycles. The molecule has 0 radical (unpaired) electrons. The Hall–Kier alpha value is -1.26. The molecule has 4 heteroatoms. The number of benzene rings is 1. The Morgan fingerprint density at radius 2 is 2.21 bits per heavy atom. The summed E-state index contributed by atoms with van der Waals surface area (Å²) in [5, 5.41) is 4.60. The number of thiazole rings is 1. The zero-order valence-corrected chi connectivity index (χ0v) is 12.3. The Labute approximate surface area is 117 Å². The summed E-state index contributed by atoms with van der Waals surface area (Å²) >= 11 is 1.70. The van der Waals surface area contributed by atoms with Gasteiger partial charge in [0.1, 0.15) is 10.8 Å². The highest BCUT2D eigenvalue weighted by Gasteiger charge is 2.16. The maximum atomic E-state index is 13.3. The third-order valence-corrected chi connectivity index (χ3v) is 4.22. The minimum atomic E-state index is -0.185. The van der Waals surface area contributed by atoms with Gasteiger partial charge in [-0.2, -0.15) is 0 Å². The Morgan fingerprint density at radius 1 is 1.42 bits per heavy atom. The normalized spacial score (nSPS) is 14.3. The van der Waals surface area contributed by atoms with Gasteiger partial charge in [0.2, 0.25) is 0 Å². The summed E-state index contributed by atoms with van der Waals surface area (Å²) in [6, 6.07) is 7.11. The fourth-order valence-corrected chi connectivity index (χ4v) is 2.90. The standard InChI is InChI=1S/C15H19FN2S/c1-4-14(12-6-5-7-13(16)8-12)18-11(3)15-17-9-10(2)19-15/h5-9,11,14,18H,4H2,1-3H3. The van der Waals surface area contributed by atoms with Gasteiger partial charge in [0, 0.05) is 17.1 Å².